The molecule has 0 radical (unpaired) electrons. The zero-order valence-corrected chi connectivity index (χ0v) is 27.0. The molecule has 37 heavy (non-hydrogen) atoms. The van der Waals surface area contributed by atoms with Crippen LogP contribution in [0.15, 0.2) is 0 Å². The number of hydrogen-bond donors (Lipinski definition) is 0. The molecule has 0 rings (SSSR count). The minimum Gasteiger partial charge on any atom is -0.550 e. The molecule has 0 amide bonds. The van der Waals surface area contributed by atoms with Crippen LogP contribution >= 0.6 is 0 Å². The minimum atomic E-state index is -0.902. The Morgan fingerprint density at radius 2 is 0.757 bits per heavy atom. The third kappa shape index (κ3) is 20.2. The SMILES string of the molecule is CCCCC(C)(CCC)C(=O)[O-].CCCCC(C)(CCC)C(=O)[O-].CCCCCC(C)(CC)C(=O)[O-].[Lu+3]. The molecule has 3 atom stereocenters. The summed E-state index contributed by atoms with van der Waals surface area (Å²) in [5, 5.41) is 32.3. The van der Waals surface area contributed by atoms with E-state index in [1.165, 1.54) is 0 Å². The van der Waals surface area contributed by atoms with Crippen LogP contribution in [0.4, 0.5) is 0 Å². The summed E-state index contributed by atoms with van der Waals surface area (Å²) >= 11 is 0. The van der Waals surface area contributed by atoms with E-state index in [1.807, 2.05) is 20.8 Å². The second-order valence-electron chi connectivity index (χ2n) is 11.1. The molecule has 0 heterocycles. The van der Waals surface area contributed by atoms with Crippen molar-refractivity contribution in [2.75, 3.05) is 0 Å². The Labute approximate surface area is 258 Å². The van der Waals surface area contributed by atoms with Gasteiger partial charge in [-0.3, -0.25) is 0 Å². The van der Waals surface area contributed by atoms with Gasteiger partial charge in [-0.15, -0.1) is 0 Å². The zero-order valence-electron chi connectivity index (χ0n) is 25.3. The number of carbonyl (C=O) groups excluding carboxylic acids is 3. The molecule has 0 aliphatic heterocycles. The van der Waals surface area contributed by atoms with Crippen LogP contribution < -0.4 is 15.3 Å². The Bertz CT molecular complexity index is 563. The fourth-order valence-electron chi connectivity index (χ4n) is 4.08. The number of rotatable bonds is 18. The molecule has 0 spiro atoms. The first-order valence-corrected chi connectivity index (χ1v) is 14.3. The molecule has 0 N–H and O–H groups in total. The van der Waals surface area contributed by atoms with Crippen molar-refractivity contribution in [3.8, 4) is 0 Å². The first-order chi connectivity index (χ1) is 16.7. The van der Waals surface area contributed by atoms with Gasteiger partial charge >= 0.3 is 36.9 Å². The molecule has 0 saturated heterocycles. The molecule has 7 heteroatoms. The smallest absolute Gasteiger partial charge is 0.550 e. The van der Waals surface area contributed by atoms with E-state index in [9.17, 15) is 29.7 Å². The summed E-state index contributed by atoms with van der Waals surface area (Å²) in [7, 11) is 0. The van der Waals surface area contributed by atoms with E-state index in [1.54, 1.807) is 20.8 Å². The summed E-state index contributed by atoms with van der Waals surface area (Å²) in [5.41, 5.74) is -1.79. The van der Waals surface area contributed by atoms with Gasteiger partial charge in [0.1, 0.15) is 0 Å². The van der Waals surface area contributed by atoms with Gasteiger partial charge in [-0.05, 0) is 38.5 Å². The van der Waals surface area contributed by atoms with Crippen molar-refractivity contribution in [1.29, 1.82) is 0 Å². The first kappa shape index (κ1) is 43.7. The summed E-state index contributed by atoms with van der Waals surface area (Å²) in [6, 6.07) is 0. The first-order valence-electron chi connectivity index (χ1n) is 14.3. The van der Waals surface area contributed by atoms with E-state index in [4.69, 9.17) is 0 Å². The number of carboxylic acid groups (broad SMARTS) is 3. The summed E-state index contributed by atoms with van der Waals surface area (Å²) in [6.07, 6.45) is 13.5. The molecule has 0 aliphatic rings. The quantitative estimate of drug-likeness (QED) is 0.183. The number of carbonyl (C=O) groups is 3. The van der Waals surface area contributed by atoms with Crippen LogP contribution in [0.3, 0.4) is 0 Å². The van der Waals surface area contributed by atoms with Crippen molar-refractivity contribution in [2.24, 2.45) is 16.2 Å². The van der Waals surface area contributed by atoms with E-state index < -0.39 is 34.2 Å². The standard InChI is InChI=1S/3C10H20O2.Lu/c1-4-6-7-8-10(3,5-2)9(11)12;2*1-4-6-8-10(3,7-5-2)9(11)12;/h3*4-8H2,1-3H3,(H,11,12);/q;;;+3/p-3. The summed E-state index contributed by atoms with van der Waals surface area (Å²) in [4.78, 5) is 32.3. The van der Waals surface area contributed by atoms with Crippen LogP contribution in [-0.4, -0.2) is 17.9 Å². The maximum Gasteiger partial charge on any atom is 3.00 e. The minimum absolute atomic E-state index is 0. The fraction of sp³-hybridized carbons (Fsp3) is 0.900. The Morgan fingerprint density at radius 3 is 0.973 bits per heavy atom. The monoisotopic (exact) mass is 688 g/mol. The molecule has 0 fully saturated rings. The van der Waals surface area contributed by atoms with Gasteiger partial charge in [0.15, 0.2) is 0 Å². The van der Waals surface area contributed by atoms with Crippen LogP contribution in [0.2, 0.25) is 0 Å². The molecule has 0 saturated carbocycles. The molecule has 0 aliphatic carbocycles. The van der Waals surface area contributed by atoms with Gasteiger partial charge in [0.2, 0.25) is 0 Å². The molecule has 6 nitrogen and oxygen atoms in total. The number of hydrogen-bond acceptors (Lipinski definition) is 6. The Balaban J connectivity index is -0.000000218. The second-order valence-corrected chi connectivity index (χ2v) is 11.1. The van der Waals surface area contributed by atoms with Crippen LogP contribution in [0.1, 0.15) is 159 Å². The van der Waals surface area contributed by atoms with Gasteiger partial charge in [-0.25, -0.2) is 0 Å². The molecule has 0 bridgehead atoms. The Kier molecular flexibility index (Phi) is 29.1. The summed E-state index contributed by atoms with van der Waals surface area (Å²) < 4.78 is 0. The van der Waals surface area contributed by atoms with E-state index in [2.05, 4.69) is 20.8 Å². The van der Waals surface area contributed by atoms with Crippen LogP contribution in [0, 0.1) is 53.1 Å². The van der Waals surface area contributed by atoms with Crippen LogP contribution in [-0.2, 0) is 14.4 Å². The topological polar surface area (TPSA) is 120 Å². The van der Waals surface area contributed by atoms with Crippen LogP contribution in [0.5, 0.6) is 0 Å². The van der Waals surface area contributed by atoms with Gasteiger partial charge in [-0.2, -0.15) is 0 Å². The molecule has 0 aromatic heterocycles. The number of carboxylic acids is 3. The number of aliphatic carboxylic acids is 3. The van der Waals surface area contributed by atoms with Gasteiger partial charge < -0.3 is 29.7 Å². The van der Waals surface area contributed by atoms with Crippen molar-refractivity contribution in [3.05, 3.63) is 0 Å². The predicted octanol–water partition coefficient (Wildman–Crippen LogP) is 5.20. The fourth-order valence-corrected chi connectivity index (χ4v) is 4.08. The molecule has 228 valence electrons. The third-order valence-corrected chi connectivity index (χ3v) is 7.36. The summed E-state index contributed by atoms with van der Waals surface area (Å²) in [5.74, 6) is -2.68. The molecular weight excluding hydrogens is 631 g/mol. The van der Waals surface area contributed by atoms with E-state index in [-0.39, 0.29) is 36.9 Å². The molecule has 0 aromatic rings. The van der Waals surface area contributed by atoms with Crippen molar-refractivity contribution in [3.63, 3.8) is 0 Å². The predicted molar refractivity (Wildman–Crippen MR) is 143 cm³/mol. The van der Waals surface area contributed by atoms with E-state index in [0.29, 0.717) is 6.42 Å². The largest absolute Gasteiger partial charge is 3.00 e. The zero-order chi connectivity index (χ0) is 28.8. The van der Waals surface area contributed by atoms with Gasteiger partial charge in [0, 0.05) is 34.2 Å². The summed E-state index contributed by atoms with van der Waals surface area (Å²) in [6.45, 7) is 17.5. The van der Waals surface area contributed by atoms with Crippen molar-refractivity contribution in [1.82, 2.24) is 0 Å². The van der Waals surface area contributed by atoms with Crippen molar-refractivity contribution >= 4 is 17.9 Å². The van der Waals surface area contributed by atoms with Gasteiger partial charge in [0.25, 0.3) is 0 Å². The third-order valence-electron chi connectivity index (χ3n) is 7.36. The number of unbranched alkanes of at least 4 members (excludes halogenated alkanes) is 4. The molecule has 3 unspecified atom stereocenters. The van der Waals surface area contributed by atoms with Gasteiger partial charge in [0.05, 0.1) is 0 Å². The molecular formula is C30H57LuO6. The Hall–Kier alpha value is -0.356. The van der Waals surface area contributed by atoms with Crippen molar-refractivity contribution in [2.45, 2.75) is 159 Å². The van der Waals surface area contributed by atoms with Gasteiger partial charge in [-0.1, -0.05) is 120 Å². The maximum atomic E-state index is 10.8. The Morgan fingerprint density at radius 1 is 0.459 bits per heavy atom. The normalized spacial score (nSPS) is 15.2. The molecule has 0 aromatic carbocycles. The van der Waals surface area contributed by atoms with E-state index in [0.717, 1.165) is 89.9 Å². The average molecular weight is 689 g/mol. The van der Waals surface area contributed by atoms with Crippen LogP contribution in [0.25, 0.3) is 0 Å². The average Bonchev–Trinajstić information content (AvgIpc) is 2.82. The second kappa shape index (κ2) is 24.7. The van der Waals surface area contributed by atoms with Crippen molar-refractivity contribution < 1.29 is 66.6 Å². The van der Waals surface area contributed by atoms with E-state index >= 15 is 0 Å². The maximum absolute atomic E-state index is 10.8.